The molecule has 0 N–H and O–H groups in total. The third kappa shape index (κ3) is 2.27. The van der Waals surface area contributed by atoms with E-state index < -0.39 is 6.43 Å². The van der Waals surface area contributed by atoms with Gasteiger partial charge >= 0.3 is 0 Å². The molecule has 3 nitrogen and oxygen atoms in total. The molecule has 92 valence electrons. The van der Waals surface area contributed by atoms with E-state index in [9.17, 15) is 8.78 Å². The number of benzene rings is 1. The molecule has 0 radical (unpaired) electrons. The smallest absolute Gasteiger partial charge is 0.236 e. The van der Waals surface area contributed by atoms with Crippen molar-refractivity contribution in [2.75, 3.05) is 0 Å². The highest BCUT2D eigenvalue weighted by Gasteiger charge is 2.16. The number of hydrogen-bond acceptors (Lipinski definition) is 2. The first kappa shape index (κ1) is 12.7. The van der Waals surface area contributed by atoms with Crippen LogP contribution in [0.15, 0.2) is 28.7 Å². The molecule has 0 aliphatic rings. The number of aryl methyl sites for hydroxylation is 1. The highest BCUT2D eigenvalue weighted by atomic mass is 79.9. The maximum absolute atomic E-state index is 12.6. The molecule has 1 aromatic heterocycles. The van der Waals surface area contributed by atoms with E-state index in [4.69, 9.17) is 5.26 Å². The average molecular weight is 312 g/mol. The quantitative estimate of drug-likeness (QED) is 0.847. The van der Waals surface area contributed by atoms with Crippen LogP contribution in [0.1, 0.15) is 23.4 Å². The fourth-order valence-electron chi connectivity index (χ4n) is 1.62. The molecule has 18 heavy (non-hydrogen) atoms. The summed E-state index contributed by atoms with van der Waals surface area (Å²) in [7, 11) is 0. The third-order valence-corrected chi connectivity index (χ3v) is 2.93. The minimum atomic E-state index is -2.62. The minimum Gasteiger partial charge on any atom is -0.236 e. The van der Waals surface area contributed by atoms with E-state index in [0.29, 0.717) is 16.9 Å². The van der Waals surface area contributed by atoms with Crippen molar-refractivity contribution in [2.24, 2.45) is 0 Å². The Hall–Kier alpha value is -1.74. The molecule has 0 aliphatic carbocycles. The van der Waals surface area contributed by atoms with Gasteiger partial charge in [-0.3, -0.25) is 0 Å². The van der Waals surface area contributed by atoms with Crippen LogP contribution in [0.3, 0.4) is 0 Å². The lowest BCUT2D eigenvalue weighted by Gasteiger charge is -2.07. The standard InChI is InChI=1S/C12H8BrF2N3/c1-7-4-10(12(14)15)17-18(7)11-5-9(13)3-2-8(11)6-16/h2-5,12H,1H3. The van der Waals surface area contributed by atoms with Crippen LogP contribution in [0.2, 0.25) is 0 Å². The summed E-state index contributed by atoms with van der Waals surface area (Å²) >= 11 is 3.28. The van der Waals surface area contributed by atoms with E-state index in [0.717, 1.165) is 4.47 Å². The molecule has 0 saturated heterocycles. The summed E-state index contributed by atoms with van der Waals surface area (Å²) in [6.07, 6.45) is -2.62. The van der Waals surface area contributed by atoms with Crippen LogP contribution < -0.4 is 0 Å². The molecule has 0 amide bonds. The summed E-state index contributed by atoms with van der Waals surface area (Å²) in [4.78, 5) is 0. The van der Waals surface area contributed by atoms with Crippen molar-refractivity contribution in [1.29, 1.82) is 5.26 Å². The van der Waals surface area contributed by atoms with Crippen molar-refractivity contribution in [3.8, 4) is 11.8 Å². The molecule has 0 atom stereocenters. The maximum atomic E-state index is 12.6. The van der Waals surface area contributed by atoms with Crippen molar-refractivity contribution in [1.82, 2.24) is 9.78 Å². The van der Waals surface area contributed by atoms with Gasteiger partial charge in [-0.25, -0.2) is 13.5 Å². The van der Waals surface area contributed by atoms with E-state index in [2.05, 4.69) is 21.0 Å². The van der Waals surface area contributed by atoms with Gasteiger partial charge in [0.2, 0.25) is 0 Å². The molecular weight excluding hydrogens is 304 g/mol. The van der Waals surface area contributed by atoms with Crippen LogP contribution in [0.5, 0.6) is 0 Å². The second-order valence-electron chi connectivity index (χ2n) is 3.70. The normalized spacial score (nSPS) is 10.7. The van der Waals surface area contributed by atoms with Crippen LogP contribution in [-0.4, -0.2) is 9.78 Å². The summed E-state index contributed by atoms with van der Waals surface area (Å²) in [5.74, 6) is 0. The molecule has 0 fully saturated rings. The SMILES string of the molecule is Cc1cc(C(F)F)nn1-c1cc(Br)ccc1C#N. The van der Waals surface area contributed by atoms with Gasteiger partial charge in [-0.2, -0.15) is 10.4 Å². The topological polar surface area (TPSA) is 41.6 Å². The zero-order chi connectivity index (χ0) is 13.3. The minimum absolute atomic E-state index is 0.295. The molecule has 1 aromatic carbocycles. The summed E-state index contributed by atoms with van der Waals surface area (Å²) < 4.78 is 27.3. The molecule has 0 bridgehead atoms. The molecule has 0 spiro atoms. The number of rotatable bonds is 2. The van der Waals surface area contributed by atoms with Crippen molar-refractivity contribution in [3.05, 3.63) is 45.7 Å². The fraction of sp³-hybridized carbons (Fsp3) is 0.167. The lowest BCUT2D eigenvalue weighted by atomic mass is 10.2. The Morgan fingerprint density at radius 3 is 2.67 bits per heavy atom. The zero-order valence-electron chi connectivity index (χ0n) is 9.36. The fourth-order valence-corrected chi connectivity index (χ4v) is 1.97. The van der Waals surface area contributed by atoms with Crippen molar-refractivity contribution >= 4 is 15.9 Å². The van der Waals surface area contributed by atoms with Crippen molar-refractivity contribution in [3.63, 3.8) is 0 Å². The highest BCUT2D eigenvalue weighted by molar-refractivity contribution is 9.10. The molecule has 0 aliphatic heterocycles. The first-order valence-electron chi connectivity index (χ1n) is 5.07. The van der Waals surface area contributed by atoms with E-state index in [1.165, 1.54) is 10.7 Å². The number of nitriles is 1. The van der Waals surface area contributed by atoms with Gasteiger partial charge < -0.3 is 0 Å². The average Bonchev–Trinajstić information content (AvgIpc) is 2.71. The van der Waals surface area contributed by atoms with Gasteiger partial charge in [0.25, 0.3) is 6.43 Å². The number of alkyl halides is 2. The van der Waals surface area contributed by atoms with E-state index >= 15 is 0 Å². The maximum Gasteiger partial charge on any atom is 0.282 e. The van der Waals surface area contributed by atoms with Crippen LogP contribution in [-0.2, 0) is 0 Å². The summed E-state index contributed by atoms with van der Waals surface area (Å²) in [6.45, 7) is 1.67. The van der Waals surface area contributed by atoms with Gasteiger partial charge in [0.15, 0.2) is 0 Å². The second kappa shape index (κ2) is 4.86. The first-order valence-corrected chi connectivity index (χ1v) is 5.87. The lowest BCUT2D eigenvalue weighted by molar-refractivity contribution is 0.145. The number of aromatic nitrogens is 2. The Morgan fingerprint density at radius 2 is 2.11 bits per heavy atom. The van der Waals surface area contributed by atoms with Crippen LogP contribution >= 0.6 is 15.9 Å². The van der Waals surface area contributed by atoms with Crippen molar-refractivity contribution < 1.29 is 8.78 Å². The van der Waals surface area contributed by atoms with Crippen LogP contribution in [0, 0.1) is 18.3 Å². The Bertz CT molecular complexity index is 629. The van der Waals surface area contributed by atoms with Gasteiger partial charge in [0, 0.05) is 10.2 Å². The van der Waals surface area contributed by atoms with Crippen LogP contribution in [0.4, 0.5) is 8.78 Å². The Morgan fingerprint density at radius 1 is 1.39 bits per heavy atom. The Labute approximate surface area is 111 Å². The highest BCUT2D eigenvalue weighted by Crippen LogP contribution is 2.24. The van der Waals surface area contributed by atoms with Crippen LogP contribution in [0.25, 0.3) is 5.69 Å². The first-order chi connectivity index (χ1) is 8.52. The lowest BCUT2D eigenvalue weighted by Crippen LogP contribution is -2.02. The predicted molar refractivity (Wildman–Crippen MR) is 65.7 cm³/mol. The number of hydrogen-bond donors (Lipinski definition) is 0. The predicted octanol–water partition coefficient (Wildman–Crippen LogP) is 3.75. The number of nitrogens with zero attached hydrogens (tertiary/aromatic N) is 3. The summed E-state index contributed by atoms with van der Waals surface area (Å²) in [5, 5.41) is 12.8. The molecule has 2 aromatic rings. The van der Waals surface area contributed by atoms with E-state index in [1.807, 2.05) is 6.07 Å². The summed E-state index contributed by atoms with van der Waals surface area (Å²) in [5.41, 5.74) is 1.12. The summed E-state index contributed by atoms with van der Waals surface area (Å²) in [6, 6.07) is 8.34. The molecule has 6 heteroatoms. The molecule has 0 saturated carbocycles. The van der Waals surface area contributed by atoms with E-state index in [1.54, 1.807) is 25.1 Å². The van der Waals surface area contributed by atoms with E-state index in [-0.39, 0.29) is 5.69 Å². The molecular formula is C12H8BrF2N3. The van der Waals surface area contributed by atoms with Gasteiger partial charge in [-0.15, -0.1) is 0 Å². The van der Waals surface area contributed by atoms with Gasteiger partial charge in [-0.05, 0) is 31.2 Å². The zero-order valence-corrected chi connectivity index (χ0v) is 10.9. The van der Waals surface area contributed by atoms with Gasteiger partial charge in [0.1, 0.15) is 11.8 Å². The molecule has 0 unspecified atom stereocenters. The second-order valence-corrected chi connectivity index (χ2v) is 4.61. The monoisotopic (exact) mass is 311 g/mol. The molecule has 1 heterocycles. The largest absolute Gasteiger partial charge is 0.282 e. The number of halogens is 3. The third-order valence-electron chi connectivity index (χ3n) is 2.44. The Balaban J connectivity index is 2.62. The Kier molecular flexibility index (Phi) is 3.43. The van der Waals surface area contributed by atoms with Gasteiger partial charge in [-0.1, -0.05) is 15.9 Å². The molecule has 2 rings (SSSR count). The van der Waals surface area contributed by atoms with Gasteiger partial charge in [0.05, 0.1) is 11.3 Å². The van der Waals surface area contributed by atoms with Crippen molar-refractivity contribution in [2.45, 2.75) is 13.3 Å².